The van der Waals surface area contributed by atoms with Crippen LogP contribution in [0.3, 0.4) is 0 Å². The van der Waals surface area contributed by atoms with Gasteiger partial charge in [-0.1, -0.05) is 32.1 Å². The molecule has 0 spiro atoms. The standard InChI is InChI=1S/C11H12N2S.C3H6O.C2H6/c1-12-11-13-9-5-7-3-2-4-8(7)6-10(9)14-11;1-2-3-4;1-2/h5-6H,2-4H2,1H3,(H,12,13);3H,2H2,1H3;1-2H3. The Hall–Kier alpha value is -1.42. The largest absolute Gasteiger partial charge is 0.365 e. The van der Waals surface area contributed by atoms with Crippen molar-refractivity contribution in [3.8, 4) is 0 Å². The molecule has 0 amide bonds. The van der Waals surface area contributed by atoms with Gasteiger partial charge in [0.2, 0.25) is 0 Å². The van der Waals surface area contributed by atoms with E-state index in [1.54, 1.807) is 11.3 Å². The topological polar surface area (TPSA) is 42.0 Å². The molecular weight excluding hydrogens is 268 g/mol. The van der Waals surface area contributed by atoms with Gasteiger partial charge in [0, 0.05) is 13.5 Å². The van der Waals surface area contributed by atoms with E-state index in [9.17, 15) is 4.79 Å². The third kappa shape index (κ3) is 4.04. The molecule has 1 heterocycles. The van der Waals surface area contributed by atoms with Gasteiger partial charge in [-0.05, 0) is 42.5 Å². The molecule has 3 nitrogen and oxygen atoms in total. The second kappa shape index (κ2) is 8.69. The molecule has 0 saturated heterocycles. The quantitative estimate of drug-likeness (QED) is 0.832. The number of nitrogens with zero attached hydrogens (tertiary/aromatic N) is 1. The fourth-order valence-corrected chi connectivity index (χ4v) is 2.97. The highest BCUT2D eigenvalue weighted by Gasteiger charge is 2.13. The number of aromatic nitrogens is 1. The van der Waals surface area contributed by atoms with Gasteiger partial charge in [-0.2, -0.15) is 0 Å². The van der Waals surface area contributed by atoms with Gasteiger partial charge in [0.25, 0.3) is 0 Å². The van der Waals surface area contributed by atoms with Gasteiger partial charge in [-0.3, -0.25) is 0 Å². The first kappa shape index (κ1) is 16.6. The summed E-state index contributed by atoms with van der Waals surface area (Å²) in [6.45, 7) is 5.81. The predicted octanol–water partition coefficient (Wildman–Crippen LogP) is 4.45. The molecule has 0 unspecified atom stereocenters. The summed E-state index contributed by atoms with van der Waals surface area (Å²) in [5, 5.41) is 4.12. The van der Waals surface area contributed by atoms with Crippen molar-refractivity contribution in [2.75, 3.05) is 12.4 Å². The summed E-state index contributed by atoms with van der Waals surface area (Å²) in [5.41, 5.74) is 4.19. The highest BCUT2D eigenvalue weighted by Crippen LogP contribution is 2.31. The second-order valence-electron chi connectivity index (χ2n) is 4.29. The predicted molar refractivity (Wildman–Crippen MR) is 88.9 cm³/mol. The lowest BCUT2D eigenvalue weighted by molar-refractivity contribution is -0.107. The second-order valence-corrected chi connectivity index (χ2v) is 5.32. The molecule has 0 aliphatic heterocycles. The highest BCUT2D eigenvalue weighted by molar-refractivity contribution is 7.22. The van der Waals surface area contributed by atoms with Gasteiger partial charge < -0.3 is 10.1 Å². The number of nitrogens with one attached hydrogen (secondary N) is 1. The van der Waals surface area contributed by atoms with Crippen molar-refractivity contribution in [3.05, 3.63) is 23.3 Å². The van der Waals surface area contributed by atoms with E-state index in [4.69, 9.17) is 0 Å². The van der Waals surface area contributed by atoms with Crippen LogP contribution in [0, 0.1) is 0 Å². The molecule has 1 aliphatic rings. The average Bonchev–Trinajstić information content (AvgIpc) is 3.11. The number of benzene rings is 1. The van der Waals surface area contributed by atoms with Gasteiger partial charge in [0.15, 0.2) is 5.13 Å². The molecule has 0 saturated carbocycles. The van der Waals surface area contributed by atoms with Crippen LogP contribution in [0.15, 0.2) is 12.1 Å². The van der Waals surface area contributed by atoms with Crippen molar-refractivity contribution < 1.29 is 4.79 Å². The van der Waals surface area contributed by atoms with Crippen LogP contribution in [-0.4, -0.2) is 18.3 Å². The molecule has 2 aromatic rings. The van der Waals surface area contributed by atoms with Crippen molar-refractivity contribution in [1.82, 2.24) is 4.98 Å². The van der Waals surface area contributed by atoms with E-state index in [0.717, 1.165) is 16.9 Å². The lowest BCUT2D eigenvalue weighted by Crippen LogP contribution is -1.84. The number of carbonyl (C=O) groups excluding carboxylic acids is 1. The van der Waals surface area contributed by atoms with Gasteiger partial charge in [0.05, 0.1) is 10.2 Å². The summed E-state index contributed by atoms with van der Waals surface area (Å²) >= 11 is 1.74. The SMILES string of the molecule is CC.CCC=O.CNc1nc2cc3c(cc2s1)CCC3. The van der Waals surface area contributed by atoms with E-state index in [1.165, 1.54) is 35.1 Å². The van der Waals surface area contributed by atoms with Crippen molar-refractivity contribution in [2.45, 2.75) is 46.5 Å². The Kier molecular flexibility index (Phi) is 7.23. The van der Waals surface area contributed by atoms with Gasteiger partial charge >= 0.3 is 0 Å². The number of hydrogen-bond donors (Lipinski definition) is 1. The first-order valence-corrected chi connectivity index (χ1v) is 8.13. The maximum atomic E-state index is 9.17. The Morgan fingerprint density at radius 2 is 1.90 bits per heavy atom. The van der Waals surface area contributed by atoms with Gasteiger partial charge in [-0.25, -0.2) is 4.98 Å². The van der Waals surface area contributed by atoms with Gasteiger partial charge in [0.1, 0.15) is 6.29 Å². The van der Waals surface area contributed by atoms with Crippen LogP contribution in [0.25, 0.3) is 10.2 Å². The Morgan fingerprint density at radius 1 is 1.30 bits per heavy atom. The first-order chi connectivity index (χ1) is 9.78. The van der Waals surface area contributed by atoms with Crippen molar-refractivity contribution >= 4 is 33.0 Å². The summed E-state index contributed by atoms with van der Waals surface area (Å²) < 4.78 is 1.31. The number of rotatable bonds is 2. The number of aryl methyl sites for hydroxylation is 2. The molecule has 0 bridgehead atoms. The summed E-state index contributed by atoms with van der Waals surface area (Å²) in [4.78, 5) is 13.7. The lowest BCUT2D eigenvalue weighted by atomic mass is 10.1. The van der Waals surface area contributed by atoms with E-state index in [2.05, 4.69) is 22.4 Å². The third-order valence-electron chi connectivity index (χ3n) is 2.98. The van der Waals surface area contributed by atoms with E-state index >= 15 is 0 Å². The van der Waals surface area contributed by atoms with E-state index in [1.807, 2.05) is 27.8 Å². The number of anilines is 1. The minimum Gasteiger partial charge on any atom is -0.365 e. The van der Waals surface area contributed by atoms with E-state index in [0.29, 0.717) is 6.42 Å². The molecule has 1 N–H and O–H groups in total. The molecule has 20 heavy (non-hydrogen) atoms. The zero-order chi connectivity index (χ0) is 15.0. The fraction of sp³-hybridized carbons (Fsp3) is 0.500. The summed E-state index contributed by atoms with van der Waals surface area (Å²) in [6.07, 6.45) is 5.31. The molecule has 110 valence electrons. The maximum absolute atomic E-state index is 9.17. The Bertz CT molecular complexity index is 508. The molecule has 3 rings (SSSR count). The monoisotopic (exact) mass is 292 g/mol. The van der Waals surface area contributed by atoms with Crippen LogP contribution in [0.5, 0.6) is 0 Å². The zero-order valence-corrected chi connectivity index (χ0v) is 13.6. The van der Waals surface area contributed by atoms with Crippen molar-refractivity contribution in [1.29, 1.82) is 0 Å². The molecule has 1 aromatic heterocycles. The Labute approximate surface area is 125 Å². The zero-order valence-electron chi connectivity index (χ0n) is 12.8. The minimum absolute atomic E-state index is 0.639. The maximum Gasteiger partial charge on any atom is 0.183 e. The molecule has 0 atom stereocenters. The fourth-order valence-electron chi connectivity index (χ4n) is 2.10. The van der Waals surface area contributed by atoms with E-state index in [-0.39, 0.29) is 0 Å². The summed E-state index contributed by atoms with van der Waals surface area (Å²) in [7, 11) is 1.92. The molecule has 0 fully saturated rings. The van der Waals surface area contributed by atoms with Crippen molar-refractivity contribution in [3.63, 3.8) is 0 Å². The molecule has 4 heteroatoms. The number of thiazole rings is 1. The summed E-state index contributed by atoms with van der Waals surface area (Å²) in [5.74, 6) is 0. The van der Waals surface area contributed by atoms with Crippen LogP contribution in [0.1, 0.15) is 44.7 Å². The lowest BCUT2D eigenvalue weighted by Gasteiger charge is -1.96. The molecule has 1 aromatic carbocycles. The number of carbonyl (C=O) groups is 1. The number of aldehydes is 1. The normalized spacial score (nSPS) is 11.8. The van der Waals surface area contributed by atoms with Crippen LogP contribution in [0.2, 0.25) is 0 Å². The van der Waals surface area contributed by atoms with E-state index < -0.39 is 0 Å². The van der Waals surface area contributed by atoms with Crippen LogP contribution in [-0.2, 0) is 17.6 Å². The highest BCUT2D eigenvalue weighted by atomic mass is 32.1. The number of hydrogen-bond acceptors (Lipinski definition) is 4. The third-order valence-corrected chi connectivity index (χ3v) is 4.02. The van der Waals surface area contributed by atoms with Crippen LogP contribution < -0.4 is 5.32 Å². The number of fused-ring (bicyclic) bond motifs is 2. The first-order valence-electron chi connectivity index (χ1n) is 7.32. The molecule has 0 radical (unpaired) electrons. The Balaban J connectivity index is 0.000000291. The molecule has 1 aliphatic carbocycles. The minimum atomic E-state index is 0.639. The van der Waals surface area contributed by atoms with Gasteiger partial charge in [-0.15, -0.1) is 0 Å². The van der Waals surface area contributed by atoms with Crippen LogP contribution in [0.4, 0.5) is 5.13 Å². The van der Waals surface area contributed by atoms with Crippen LogP contribution >= 0.6 is 11.3 Å². The van der Waals surface area contributed by atoms with Crippen molar-refractivity contribution in [2.24, 2.45) is 0 Å². The molecular formula is C16H24N2OS. The Morgan fingerprint density at radius 3 is 2.45 bits per heavy atom. The smallest absolute Gasteiger partial charge is 0.183 e. The summed E-state index contributed by atoms with van der Waals surface area (Å²) in [6, 6.07) is 4.57. The average molecular weight is 292 g/mol.